The van der Waals surface area contributed by atoms with E-state index in [2.05, 4.69) is 22.0 Å². The summed E-state index contributed by atoms with van der Waals surface area (Å²) >= 11 is 0. The van der Waals surface area contributed by atoms with Crippen molar-refractivity contribution in [1.82, 2.24) is 20.9 Å². The molecule has 3 aliphatic heterocycles. The Balaban J connectivity index is 1.27. The van der Waals surface area contributed by atoms with Gasteiger partial charge in [0.25, 0.3) is 5.91 Å². The number of nitrogens with zero attached hydrogens (tertiary/aromatic N) is 1. The maximum Gasteiger partial charge on any atom is 0.255 e. The highest BCUT2D eigenvalue weighted by Crippen LogP contribution is 2.43. The summed E-state index contributed by atoms with van der Waals surface area (Å²) in [4.78, 5) is 38.2. The van der Waals surface area contributed by atoms with E-state index in [1.165, 1.54) is 19.3 Å². The van der Waals surface area contributed by atoms with Crippen molar-refractivity contribution in [3.63, 3.8) is 0 Å². The summed E-state index contributed by atoms with van der Waals surface area (Å²) in [6, 6.07) is 5.28. The maximum absolute atomic E-state index is 12.9. The molecule has 1 saturated carbocycles. The largest absolute Gasteiger partial charge is 0.322 e. The predicted molar refractivity (Wildman–Crippen MR) is 107 cm³/mol. The van der Waals surface area contributed by atoms with Crippen molar-refractivity contribution in [3.05, 3.63) is 34.9 Å². The van der Waals surface area contributed by atoms with Crippen LogP contribution in [0.1, 0.15) is 53.6 Å². The third kappa shape index (κ3) is 3.36. The molecule has 3 N–H and O–H groups in total. The predicted octanol–water partition coefficient (Wildman–Crippen LogP) is 0.927. The highest BCUT2D eigenvalue weighted by molar-refractivity contribution is 6.05. The molecule has 0 aromatic heterocycles. The van der Waals surface area contributed by atoms with Crippen molar-refractivity contribution < 1.29 is 14.4 Å². The summed E-state index contributed by atoms with van der Waals surface area (Å²) in [5, 5.41) is 9.59. The van der Waals surface area contributed by atoms with Gasteiger partial charge in [0.1, 0.15) is 6.04 Å². The zero-order valence-electron chi connectivity index (χ0n) is 16.6. The number of hydrogen-bond donors (Lipinski definition) is 3. The third-order valence-electron chi connectivity index (χ3n) is 7.23. The van der Waals surface area contributed by atoms with E-state index in [9.17, 15) is 14.4 Å². The SMILES string of the molecule is O=C1CCC(N2Cc3c(CNCC45CCC(CNC4)C5)cccc3C2=O)C(=O)N1. The maximum atomic E-state index is 12.9. The van der Waals surface area contributed by atoms with Crippen LogP contribution >= 0.6 is 0 Å². The summed E-state index contributed by atoms with van der Waals surface area (Å²) in [6.07, 6.45) is 4.59. The Morgan fingerprint density at radius 3 is 2.97 bits per heavy atom. The second-order valence-corrected chi connectivity index (χ2v) is 9.19. The first-order chi connectivity index (χ1) is 14.0. The number of piperidine rings is 2. The van der Waals surface area contributed by atoms with E-state index in [0.717, 1.165) is 43.2 Å². The van der Waals surface area contributed by atoms with E-state index < -0.39 is 6.04 Å². The monoisotopic (exact) mass is 396 g/mol. The van der Waals surface area contributed by atoms with E-state index in [-0.39, 0.29) is 24.1 Å². The Kier molecular flexibility index (Phi) is 4.67. The lowest BCUT2D eigenvalue weighted by Crippen LogP contribution is -2.52. The molecule has 7 heteroatoms. The molecule has 2 bridgehead atoms. The van der Waals surface area contributed by atoms with Gasteiger partial charge in [0.15, 0.2) is 0 Å². The molecular formula is C22H28N4O3. The standard InChI is InChI=1S/C22H28N4O3/c27-19-5-4-18(20(28)25-19)26-11-17-15(2-1-3-16(17)21(26)29)10-24-13-22-7-6-14(8-22)9-23-12-22/h1-3,14,18,23-24H,4-13H2,(H,25,27,28). The van der Waals surface area contributed by atoms with Gasteiger partial charge in [0.05, 0.1) is 0 Å². The van der Waals surface area contributed by atoms with Crippen molar-refractivity contribution >= 4 is 17.7 Å². The van der Waals surface area contributed by atoms with Crippen LogP contribution in [0.4, 0.5) is 0 Å². The van der Waals surface area contributed by atoms with Gasteiger partial charge in [-0.15, -0.1) is 0 Å². The molecule has 7 nitrogen and oxygen atoms in total. The van der Waals surface area contributed by atoms with Crippen LogP contribution in [0.5, 0.6) is 0 Å². The molecule has 3 atom stereocenters. The first kappa shape index (κ1) is 18.8. The minimum absolute atomic E-state index is 0.106. The molecule has 3 unspecified atom stereocenters. The van der Waals surface area contributed by atoms with E-state index in [4.69, 9.17) is 0 Å². The summed E-state index contributed by atoms with van der Waals surface area (Å²) in [5.74, 6) is 0.101. The van der Waals surface area contributed by atoms with Crippen LogP contribution in [-0.4, -0.2) is 48.3 Å². The van der Waals surface area contributed by atoms with Crippen molar-refractivity contribution in [3.8, 4) is 0 Å². The fraction of sp³-hybridized carbons (Fsp3) is 0.591. The van der Waals surface area contributed by atoms with E-state index in [0.29, 0.717) is 23.9 Å². The molecule has 0 radical (unpaired) electrons. The molecule has 3 heterocycles. The molecule has 1 aromatic rings. The Labute approximate surface area is 170 Å². The number of carbonyl (C=O) groups is 3. The van der Waals surface area contributed by atoms with Crippen LogP contribution in [-0.2, 0) is 22.7 Å². The lowest BCUT2D eigenvalue weighted by Gasteiger charge is -2.34. The van der Waals surface area contributed by atoms with Gasteiger partial charge in [0, 0.05) is 38.2 Å². The van der Waals surface area contributed by atoms with Crippen LogP contribution in [0.15, 0.2) is 18.2 Å². The number of fused-ring (bicyclic) bond motifs is 3. The van der Waals surface area contributed by atoms with Crippen LogP contribution < -0.4 is 16.0 Å². The van der Waals surface area contributed by atoms with Crippen LogP contribution in [0.2, 0.25) is 0 Å². The highest BCUT2D eigenvalue weighted by atomic mass is 16.2. The highest BCUT2D eigenvalue weighted by Gasteiger charge is 2.42. The van der Waals surface area contributed by atoms with Crippen molar-refractivity contribution in [1.29, 1.82) is 0 Å². The number of carbonyl (C=O) groups excluding carboxylic acids is 3. The van der Waals surface area contributed by atoms with Gasteiger partial charge in [-0.05, 0) is 60.8 Å². The Morgan fingerprint density at radius 2 is 2.10 bits per heavy atom. The van der Waals surface area contributed by atoms with Gasteiger partial charge in [-0.25, -0.2) is 0 Å². The molecule has 5 rings (SSSR count). The van der Waals surface area contributed by atoms with E-state index in [1.54, 1.807) is 4.90 Å². The van der Waals surface area contributed by atoms with Crippen molar-refractivity contribution in [2.75, 3.05) is 19.6 Å². The quantitative estimate of drug-likeness (QED) is 0.644. The molecule has 29 heavy (non-hydrogen) atoms. The van der Waals surface area contributed by atoms with Crippen LogP contribution in [0, 0.1) is 11.3 Å². The van der Waals surface area contributed by atoms with Crippen molar-refractivity contribution in [2.45, 2.75) is 51.2 Å². The number of amides is 3. The Morgan fingerprint density at radius 1 is 1.21 bits per heavy atom. The zero-order valence-corrected chi connectivity index (χ0v) is 16.6. The number of imide groups is 1. The first-order valence-corrected chi connectivity index (χ1v) is 10.7. The summed E-state index contributed by atoms with van der Waals surface area (Å²) in [5.41, 5.74) is 3.20. The normalized spacial score (nSPS) is 31.2. The van der Waals surface area contributed by atoms with Gasteiger partial charge in [-0.1, -0.05) is 12.1 Å². The second kappa shape index (κ2) is 7.22. The van der Waals surface area contributed by atoms with Gasteiger partial charge in [-0.2, -0.15) is 0 Å². The average molecular weight is 396 g/mol. The summed E-state index contributed by atoms with van der Waals surface area (Å²) < 4.78 is 0. The molecule has 3 amide bonds. The molecular weight excluding hydrogens is 368 g/mol. The first-order valence-electron chi connectivity index (χ1n) is 10.7. The fourth-order valence-corrected chi connectivity index (χ4v) is 5.70. The smallest absolute Gasteiger partial charge is 0.255 e. The van der Waals surface area contributed by atoms with E-state index >= 15 is 0 Å². The number of rotatable bonds is 5. The summed E-state index contributed by atoms with van der Waals surface area (Å²) in [6.45, 7) is 4.40. The lowest BCUT2D eigenvalue weighted by atomic mass is 9.82. The average Bonchev–Trinajstić information content (AvgIpc) is 3.19. The topological polar surface area (TPSA) is 90.5 Å². The third-order valence-corrected chi connectivity index (χ3v) is 7.23. The van der Waals surface area contributed by atoms with Gasteiger partial charge < -0.3 is 15.5 Å². The Bertz CT molecular complexity index is 866. The number of hydrogen-bond acceptors (Lipinski definition) is 5. The molecule has 0 spiro atoms. The molecule has 3 fully saturated rings. The number of nitrogens with one attached hydrogen (secondary N) is 3. The van der Waals surface area contributed by atoms with E-state index in [1.807, 2.05) is 12.1 Å². The molecule has 1 aromatic carbocycles. The van der Waals surface area contributed by atoms with Gasteiger partial charge >= 0.3 is 0 Å². The van der Waals surface area contributed by atoms with Crippen LogP contribution in [0.3, 0.4) is 0 Å². The minimum atomic E-state index is -0.559. The van der Waals surface area contributed by atoms with Gasteiger partial charge in [-0.3, -0.25) is 19.7 Å². The molecule has 154 valence electrons. The van der Waals surface area contributed by atoms with Gasteiger partial charge in [0.2, 0.25) is 11.8 Å². The zero-order chi connectivity index (χ0) is 20.0. The number of benzene rings is 1. The molecule has 1 aliphatic carbocycles. The lowest BCUT2D eigenvalue weighted by molar-refractivity contribution is -0.136. The Hall–Kier alpha value is -2.25. The second-order valence-electron chi connectivity index (χ2n) is 9.19. The fourth-order valence-electron chi connectivity index (χ4n) is 5.70. The summed E-state index contributed by atoms with van der Waals surface area (Å²) in [7, 11) is 0. The van der Waals surface area contributed by atoms with Crippen molar-refractivity contribution in [2.24, 2.45) is 11.3 Å². The molecule has 4 aliphatic rings. The molecule has 2 saturated heterocycles. The minimum Gasteiger partial charge on any atom is -0.322 e. The van der Waals surface area contributed by atoms with Crippen LogP contribution in [0.25, 0.3) is 0 Å².